The van der Waals surface area contributed by atoms with Crippen molar-refractivity contribution >= 4 is 11.8 Å². The van der Waals surface area contributed by atoms with Crippen LogP contribution in [0.2, 0.25) is 0 Å². The van der Waals surface area contributed by atoms with Crippen LogP contribution in [0.25, 0.3) is 0 Å². The molecule has 0 bridgehead atoms. The van der Waals surface area contributed by atoms with Gasteiger partial charge in [0.2, 0.25) is 0 Å². The number of carbonyl (C=O) groups excluding carboxylic acids is 2. The van der Waals surface area contributed by atoms with Crippen LogP contribution in [-0.2, 0) is 14.3 Å². The van der Waals surface area contributed by atoms with E-state index in [1.807, 2.05) is 6.92 Å². The maximum atomic E-state index is 11.5. The lowest BCUT2D eigenvalue weighted by Gasteiger charge is -2.57. The normalized spacial score (nSPS) is 26.6. The molecule has 1 aliphatic rings. The minimum absolute atomic E-state index is 0.154. The summed E-state index contributed by atoms with van der Waals surface area (Å²) in [6.45, 7) is 9.96. The van der Waals surface area contributed by atoms with Gasteiger partial charge in [-0.1, -0.05) is 13.8 Å². The van der Waals surface area contributed by atoms with Crippen LogP contribution in [0, 0.1) is 17.3 Å². The zero-order chi connectivity index (χ0) is 16.3. The van der Waals surface area contributed by atoms with E-state index < -0.39 is 5.60 Å². The summed E-state index contributed by atoms with van der Waals surface area (Å²) in [6, 6.07) is 0. The molecule has 3 atom stereocenters. The number of rotatable bonds is 8. The highest BCUT2D eigenvalue weighted by molar-refractivity contribution is 5.75. The molecule has 0 aliphatic heterocycles. The van der Waals surface area contributed by atoms with Crippen LogP contribution in [0.4, 0.5) is 0 Å². The summed E-state index contributed by atoms with van der Waals surface area (Å²) in [7, 11) is 0. The molecular weight excluding hydrogens is 268 g/mol. The molecule has 4 nitrogen and oxygen atoms in total. The first-order valence-electron chi connectivity index (χ1n) is 7.97. The second-order valence-electron chi connectivity index (χ2n) is 7.31. The van der Waals surface area contributed by atoms with Gasteiger partial charge in [0, 0.05) is 12.8 Å². The van der Waals surface area contributed by atoms with Crippen LogP contribution >= 0.6 is 0 Å². The first kappa shape index (κ1) is 18.1. The van der Waals surface area contributed by atoms with Gasteiger partial charge in [0.1, 0.15) is 5.78 Å². The maximum absolute atomic E-state index is 11.5. The maximum Gasteiger partial charge on any atom is 0.305 e. The smallest absolute Gasteiger partial charge is 0.305 e. The van der Waals surface area contributed by atoms with Crippen LogP contribution in [-0.4, -0.2) is 29.1 Å². The molecule has 0 aromatic carbocycles. The topological polar surface area (TPSA) is 63.6 Å². The van der Waals surface area contributed by atoms with Crippen molar-refractivity contribution in [2.24, 2.45) is 17.3 Å². The van der Waals surface area contributed by atoms with Gasteiger partial charge in [-0.15, -0.1) is 0 Å². The average molecular weight is 298 g/mol. The van der Waals surface area contributed by atoms with E-state index in [9.17, 15) is 14.7 Å². The Hall–Kier alpha value is -0.900. The zero-order valence-electron chi connectivity index (χ0n) is 14.1. The monoisotopic (exact) mass is 298 g/mol. The van der Waals surface area contributed by atoms with Gasteiger partial charge in [-0.25, -0.2) is 0 Å². The van der Waals surface area contributed by atoms with E-state index in [1.54, 1.807) is 13.8 Å². The van der Waals surface area contributed by atoms with Crippen LogP contribution in [0.5, 0.6) is 0 Å². The predicted octanol–water partition coefficient (Wildman–Crippen LogP) is 3.11. The van der Waals surface area contributed by atoms with E-state index in [1.165, 1.54) is 0 Å². The van der Waals surface area contributed by atoms with Gasteiger partial charge in [0.15, 0.2) is 0 Å². The van der Waals surface area contributed by atoms with Gasteiger partial charge in [0.25, 0.3) is 0 Å². The fraction of sp³-hybridized carbons (Fsp3) is 0.882. The van der Waals surface area contributed by atoms with Gasteiger partial charge in [0.05, 0.1) is 12.2 Å². The zero-order valence-corrected chi connectivity index (χ0v) is 14.1. The van der Waals surface area contributed by atoms with Gasteiger partial charge < -0.3 is 14.6 Å². The quantitative estimate of drug-likeness (QED) is 0.699. The van der Waals surface area contributed by atoms with Crippen molar-refractivity contribution in [3.8, 4) is 0 Å². The number of Topliss-reactive ketones (excluding diaryl/α,β-unsaturated/α-hetero) is 1. The predicted molar refractivity (Wildman–Crippen MR) is 81.8 cm³/mol. The average Bonchev–Trinajstić information content (AvgIpc) is 2.34. The Bertz CT molecular complexity index is 384. The number of ketones is 1. The van der Waals surface area contributed by atoms with E-state index in [-0.39, 0.29) is 29.5 Å². The Morgan fingerprint density at radius 3 is 2.43 bits per heavy atom. The Labute approximate surface area is 128 Å². The Morgan fingerprint density at radius 1 is 1.33 bits per heavy atom. The third-order valence-electron chi connectivity index (χ3n) is 4.98. The molecule has 0 spiro atoms. The van der Waals surface area contributed by atoms with E-state index in [4.69, 9.17) is 4.74 Å². The molecule has 0 aromatic rings. The van der Waals surface area contributed by atoms with Crippen LogP contribution < -0.4 is 0 Å². The van der Waals surface area contributed by atoms with Crippen molar-refractivity contribution in [3.63, 3.8) is 0 Å². The van der Waals surface area contributed by atoms with E-state index >= 15 is 0 Å². The summed E-state index contributed by atoms with van der Waals surface area (Å²) < 4.78 is 4.92. The van der Waals surface area contributed by atoms with E-state index in [2.05, 4.69) is 13.8 Å². The molecule has 0 unspecified atom stereocenters. The van der Waals surface area contributed by atoms with E-state index in [0.717, 1.165) is 12.8 Å². The van der Waals surface area contributed by atoms with Crippen LogP contribution in [0.1, 0.15) is 66.7 Å². The molecule has 0 radical (unpaired) electrons. The number of carbonyl (C=O) groups is 2. The molecule has 1 fully saturated rings. The number of hydrogen-bond donors (Lipinski definition) is 1. The standard InChI is InChI=1S/C17H30O4/c1-6-21-15(19)9-10-17(5,20)14-11-16(3,4)13(14)8-7-12(2)18/h13-14,20H,6-11H2,1-5H3/t13-,14+,17+/m1/s1. The highest BCUT2D eigenvalue weighted by Gasteiger charge is 2.53. The van der Waals surface area contributed by atoms with Crippen molar-refractivity contribution in [3.05, 3.63) is 0 Å². The summed E-state index contributed by atoms with van der Waals surface area (Å²) >= 11 is 0. The van der Waals surface area contributed by atoms with Crippen molar-refractivity contribution < 1.29 is 19.4 Å². The Kier molecular flexibility index (Phi) is 5.97. The molecule has 1 N–H and O–H groups in total. The van der Waals surface area contributed by atoms with Gasteiger partial charge in [-0.2, -0.15) is 0 Å². The lowest BCUT2D eigenvalue weighted by Crippen LogP contribution is -2.54. The summed E-state index contributed by atoms with van der Waals surface area (Å²) in [5.41, 5.74) is -0.711. The highest BCUT2D eigenvalue weighted by Crippen LogP contribution is 2.57. The number of aliphatic hydroxyl groups is 1. The second kappa shape index (κ2) is 6.91. The number of ether oxygens (including phenoxy) is 1. The summed E-state index contributed by atoms with van der Waals surface area (Å²) in [5, 5.41) is 10.7. The molecule has 0 saturated heterocycles. The fourth-order valence-electron chi connectivity index (χ4n) is 3.62. The molecule has 0 aromatic heterocycles. The van der Waals surface area contributed by atoms with Crippen molar-refractivity contribution in [2.75, 3.05) is 6.61 Å². The largest absolute Gasteiger partial charge is 0.466 e. The number of esters is 1. The molecule has 1 rings (SSSR count). The summed E-state index contributed by atoms with van der Waals surface area (Å²) in [6.07, 6.45) is 2.99. The third-order valence-corrected chi connectivity index (χ3v) is 4.98. The Morgan fingerprint density at radius 2 is 1.95 bits per heavy atom. The van der Waals surface area contributed by atoms with Crippen molar-refractivity contribution in [2.45, 2.75) is 72.3 Å². The van der Waals surface area contributed by atoms with Crippen LogP contribution in [0.3, 0.4) is 0 Å². The molecule has 1 aliphatic carbocycles. The van der Waals surface area contributed by atoms with Crippen molar-refractivity contribution in [1.29, 1.82) is 0 Å². The molecule has 0 amide bonds. The van der Waals surface area contributed by atoms with E-state index in [0.29, 0.717) is 25.4 Å². The van der Waals surface area contributed by atoms with Gasteiger partial charge >= 0.3 is 5.97 Å². The summed E-state index contributed by atoms with van der Waals surface area (Å²) in [5.74, 6) is 0.430. The van der Waals surface area contributed by atoms with Crippen LogP contribution in [0.15, 0.2) is 0 Å². The first-order valence-corrected chi connectivity index (χ1v) is 7.97. The molecule has 0 heterocycles. The summed E-state index contributed by atoms with van der Waals surface area (Å²) in [4.78, 5) is 22.7. The second-order valence-corrected chi connectivity index (χ2v) is 7.31. The SMILES string of the molecule is CCOC(=O)CC[C@](C)(O)[C@H]1CC(C)(C)[C@@H]1CCC(C)=O. The molecule has 4 heteroatoms. The lowest BCUT2D eigenvalue weighted by molar-refractivity contribution is -0.156. The van der Waals surface area contributed by atoms with Crippen molar-refractivity contribution in [1.82, 2.24) is 0 Å². The Balaban J connectivity index is 2.60. The first-order chi connectivity index (χ1) is 9.60. The minimum Gasteiger partial charge on any atom is -0.466 e. The molecular formula is C17H30O4. The molecule has 1 saturated carbocycles. The lowest BCUT2D eigenvalue weighted by atomic mass is 9.49. The number of hydrogen-bond acceptors (Lipinski definition) is 4. The minimum atomic E-state index is -0.871. The third kappa shape index (κ3) is 4.80. The van der Waals surface area contributed by atoms with Gasteiger partial charge in [-0.05, 0) is 57.3 Å². The van der Waals surface area contributed by atoms with Gasteiger partial charge in [-0.3, -0.25) is 4.79 Å². The molecule has 21 heavy (non-hydrogen) atoms. The molecule has 122 valence electrons. The highest BCUT2D eigenvalue weighted by atomic mass is 16.5. The fourth-order valence-corrected chi connectivity index (χ4v) is 3.62.